The number of H-pyrrole nitrogens is 1. The average Bonchev–Trinajstić information content (AvgIpc) is 3.10. The van der Waals surface area contributed by atoms with E-state index in [1.165, 1.54) is 0 Å². The highest BCUT2D eigenvalue weighted by molar-refractivity contribution is 5.71. The Bertz CT molecular complexity index is 810. The molecule has 0 aliphatic carbocycles. The van der Waals surface area contributed by atoms with Gasteiger partial charge < -0.3 is 9.47 Å². The van der Waals surface area contributed by atoms with Gasteiger partial charge in [-0.05, 0) is 55.3 Å². The third-order valence-corrected chi connectivity index (χ3v) is 3.74. The molecule has 128 valence electrons. The van der Waals surface area contributed by atoms with E-state index in [0.717, 1.165) is 28.3 Å². The molecule has 0 saturated carbocycles. The van der Waals surface area contributed by atoms with Crippen LogP contribution in [-0.4, -0.2) is 22.8 Å². The molecule has 0 aliphatic rings. The van der Waals surface area contributed by atoms with Crippen LogP contribution in [0.15, 0.2) is 60.8 Å². The molecule has 0 atom stereocenters. The minimum atomic E-state index is -0.193. The van der Waals surface area contributed by atoms with Crippen molar-refractivity contribution in [3.05, 3.63) is 66.4 Å². The smallest absolute Gasteiger partial charge is 0.306 e. The number of esters is 1. The summed E-state index contributed by atoms with van der Waals surface area (Å²) in [5.74, 6) is 1.37. The van der Waals surface area contributed by atoms with Gasteiger partial charge in [-0.2, -0.15) is 5.10 Å². The Labute approximate surface area is 146 Å². The summed E-state index contributed by atoms with van der Waals surface area (Å²) < 4.78 is 10.8. The third kappa shape index (κ3) is 4.47. The molecule has 5 heteroatoms. The van der Waals surface area contributed by atoms with E-state index in [9.17, 15) is 4.79 Å². The van der Waals surface area contributed by atoms with Crippen LogP contribution in [0.25, 0.3) is 11.3 Å². The number of carbonyl (C=O) groups is 1. The molecular formula is C20H20N2O3. The van der Waals surface area contributed by atoms with E-state index in [1.807, 2.05) is 54.6 Å². The number of benzene rings is 2. The number of rotatable bonds is 7. The number of aryl methyl sites for hydroxylation is 1. The maximum atomic E-state index is 11.5. The summed E-state index contributed by atoms with van der Waals surface area (Å²) in [7, 11) is 0. The molecule has 3 rings (SSSR count). The summed E-state index contributed by atoms with van der Waals surface area (Å²) in [5, 5.41) is 7.11. The van der Waals surface area contributed by atoms with Crippen LogP contribution in [0.3, 0.4) is 0 Å². The summed E-state index contributed by atoms with van der Waals surface area (Å²) in [6, 6.07) is 17.4. The van der Waals surface area contributed by atoms with E-state index in [-0.39, 0.29) is 5.97 Å². The average molecular weight is 336 g/mol. The first-order valence-electron chi connectivity index (χ1n) is 8.27. The minimum absolute atomic E-state index is 0.193. The number of para-hydroxylation sites is 1. The number of carbonyl (C=O) groups excluding carboxylic acids is 1. The van der Waals surface area contributed by atoms with Gasteiger partial charge in [0.05, 0.1) is 18.5 Å². The van der Waals surface area contributed by atoms with Gasteiger partial charge in [0.2, 0.25) is 0 Å². The van der Waals surface area contributed by atoms with Gasteiger partial charge in [0.1, 0.15) is 11.5 Å². The molecule has 3 aromatic rings. The first-order valence-corrected chi connectivity index (χ1v) is 8.27. The summed E-state index contributed by atoms with van der Waals surface area (Å²) in [4.78, 5) is 11.5. The van der Waals surface area contributed by atoms with Gasteiger partial charge in [-0.15, -0.1) is 0 Å². The lowest BCUT2D eigenvalue weighted by Gasteiger charge is -2.07. The van der Waals surface area contributed by atoms with Crippen molar-refractivity contribution in [3.63, 3.8) is 0 Å². The van der Waals surface area contributed by atoms with Crippen molar-refractivity contribution in [2.75, 3.05) is 6.61 Å². The van der Waals surface area contributed by atoms with E-state index < -0.39 is 0 Å². The van der Waals surface area contributed by atoms with Crippen molar-refractivity contribution in [2.24, 2.45) is 0 Å². The Morgan fingerprint density at radius 2 is 1.76 bits per heavy atom. The number of hydrogen-bond acceptors (Lipinski definition) is 4. The van der Waals surface area contributed by atoms with Gasteiger partial charge in [-0.1, -0.05) is 18.2 Å². The largest absolute Gasteiger partial charge is 0.466 e. The molecule has 0 unspecified atom stereocenters. The molecule has 5 nitrogen and oxygen atoms in total. The van der Waals surface area contributed by atoms with E-state index in [1.54, 1.807) is 13.1 Å². The lowest BCUT2D eigenvalue weighted by molar-refractivity contribution is -0.143. The van der Waals surface area contributed by atoms with Crippen LogP contribution in [0.1, 0.15) is 18.9 Å². The molecule has 1 aromatic heterocycles. The van der Waals surface area contributed by atoms with Crippen LogP contribution in [0, 0.1) is 0 Å². The van der Waals surface area contributed by atoms with Crippen molar-refractivity contribution >= 4 is 5.97 Å². The number of hydrogen-bond donors (Lipinski definition) is 1. The zero-order chi connectivity index (χ0) is 17.5. The summed E-state index contributed by atoms with van der Waals surface area (Å²) >= 11 is 0. The summed E-state index contributed by atoms with van der Waals surface area (Å²) in [6.07, 6.45) is 2.69. The zero-order valence-corrected chi connectivity index (χ0v) is 14.1. The van der Waals surface area contributed by atoms with Crippen molar-refractivity contribution in [1.82, 2.24) is 10.2 Å². The second-order valence-corrected chi connectivity index (χ2v) is 5.51. The van der Waals surface area contributed by atoms with E-state index in [0.29, 0.717) is 19.4 Å². The molecule has 0 fully saturated rings. The zero-order valence-electron chi connectivity index (χ0n) is 14.1. The van der Waals surface area contributed by atoms with E-state index >= 15 is 0 Å². The summed E-state index contributed by atoms with van der Waals surface area (Å²) in [5.41, 5.74) is 2.90. The van der Waals surface area contributed by atoms with E-state index in [4.69, 9.17) is 9.47 Å². The van der Waals surface area contributed by atoms with Crippen LogP contribution >= 0.6 is 0 Å². The lowest BCUT2D eigenvalue weighted by atomic mass is 10.0. The third-order valence-electron chi connectivity index (χ3n) is 3.74. The second-order valence-electron chi connectivity index (χ2n) is 5.51. The molecule has 1 N–H and O–H groups in total. The van der Waals surface area contributed by atoms with Gasteiger partial charge in [0.15, 0.2) is 0 Å². The number of nitrogens with one attached hydrogen (secondary N) is 1. The Hall–Kier alpha value is -3.08. The van der Waals surface area contributed by atoms with Crippen LogP contribution in [-0.2, 0) is 16.0 Å². The molecule has 25 heavy (non-hydrogen) atoms. The first-order chi connectivity index (χ1) is 12.3. The maximum absolute atomic E-state index is 11.5. The Morgan fingerprint density at radius 1 is 1.04 bits per heavy atom. The second kappa shape index (κ2) is 8.15. The molecule has 0 saturated heterocycles. The van der Waals surface area contributed by atoms with Crippen LogP contribution in [0.4, 0.5) is 0 Å². The topological polar surface area (TPSA) is 64.2 Å². The Kier molecular flexibility index (Phi) is 5.46. The number of aromatic amines is 1. The van der Waals surface area contributed by atoms with Gasteiger partial charge >= 0.3 is 5.97 Å². The monoisotopic (exact) mass is 336 g/mol. The highest BCUT2D eigenvalue weighted by Crippen LogP contribution is 2.27. The molecule has 0 amide bonds. The van der Waals surface area contributed by atoms with Crippen molar-refractivity contribution in [2.45, 2.75) is 19.8 Å². The fourth-order valence-electron chi connectivity index (χ4n) is 2.53. The van der Waals surface area contributed by atoms with E-state index in [2.05, 4.69) is 10.2 Å². The highest BCUT2D eigenvalue weighted by Gasteiger charge is 2.11. The van der Waals surface area contributed by atoms with Gasteiger partial charge in [0, 0.05) is 12.0 Å². The SMILES string of the molecule is CCOC(=O)CCc1cn[nH]c1-c1ccc(Oc2ccccc2)cc1. The number of ether oxygens (including phenoxy) is 2. The van der Waals surface area contributed by atoms with Crippen molar-refractivity contribution in [1.29, 1.82) is 0 Å². The predicted molar refractivity (Wildman–Crippen MR) is 95.5 cm³/mol. The molecular weight excluding hydrogens is 316 g/mol. The Balaban J connectivity index is 1.68. The molecule has 1 heterocycles. The normalized spacial score (nSPS) is 10.4. The quantitative estimate of drug-likeness (QED) is 0.651. The fourth-order valence-corrected chi connectivity index (χ4v) is 2.53. The molecule has 0 bridgehead atoms. The van der Waals surface area contributed by atoms with Crippen molar-refractivity contribution < 1.29 is 14.3 Å². The van der Waals surface area contributed by atoms with Gasteiger partial charge in [-0.25, -0.2) is 0 Å². The van der Waals surface area contributed by atoms with Gasteiger partial charge in [-0.3, -0.25) is 9.89 Å². The van der Waals surface area contributed by atoms with Crippen LogP contribution in [0.5, 0.6) is 11.5 Å². The molecule has 2 aromatic carbocycles. The van der Waals surface area contributed by atoms with Crippen LogP contribution < -0.4 is 4.74 Å². The fraction of sp³-hybridized carbons (Fsp3) is 0.200. The molecule has 0 radical (unpaired) electrons. The first kappa shape index (κ1) is 16.8. The lowest BCUT2D eigenvalue weighted by Crippen LogP contribution is -2.05. The number of aromatic nitrogens is 2. The number of nitrogens with zero attached hydrogens (tertiary/aromatic N) is 1. The highest BCUT2D eigenvalue weighted by atomic mass is 16.5. The van der Waals surface area contributed by atoms with Crippen LogP contribution in [0.2, 0.25) is 0 Å². The minimum Gasteiger partial charge on any atom is -0.466 e. The molecule has 0 aliphatic heterocycles. The summed E-state index contributed by atoms with van der Waals surface area (Å²) in [6.45, 7) is 2.21. The van der Waals surface area contributed by atoms with Crippen molar-refractivity contribution in [3.8, 4) is 22.8 Å². The maximum Gasteiger partial charge on any atom is 0.306 e. The Morgan fingerprint density at radius 3 is 2.48 bits per heavy atom. The standard InChI is InChI=1S/C20H20N2O3/c1-2-24-19(23)13-10-16-14-21-22-20(16)15-8-11-18(12-9-15)25-17-6-4-3-5-7-17/h3-9,11-12,14H,2,10,13H2,1H3,(H,21,22). The molecule has 0 spiro atoms. The predicted octanol–water partition coefficient (Wildman–Crippen LogP) is 4.36. The van der Waals surface area contributed by atoms with Gasteiger partial charge in [0.25, 0.3) is 0 Å².